The van der Waals surface area contributed by atoms with E-state index in [-0.39, 0.29) is 0 Å². The smallest absolute Gasteiger partial charge is 0.0333 e. The Kier molecular flexibility index (Phi) is 2.37. The van der Waals surface area contributed by atoms with E-state index in [0.717, 1.165) is 5.92 Å². The van der Waals surface area contributed by atoms with Gasteiger partial charge in [-0.3, -0.25) is 4.90 Å². The summed E-state index contributed by atoms with van der Waals surface area (Å²) in [5.41, 5.74) is 0.464. The lowest BCUT2D eigenvalue weighted by molar-refractivity contribution is -0.0297. The van der Waals surface area contributed by atoms with Gasteiger partial charge in [-0.2, -0.15) is 0 Å². The SMILES string of the molecule is CN1CCN(C)C(C)(C2CCC2)C1. The fourth-order valence-corrected chi connectivity index (χ4v) is 2.79. The molecule has 2 fully saturated rings. The summed E-state index contributed by atoms with van der Waals surface area (Å²) >= 11 is 0. The standard InChI is InChI=1S/C11H22N2/c1-11(10-5-4-6-10)9-12(2)7-8-13(11)3/h10H,4-9H2,1-3H3. The third-order valence-corrected chi connectivity index (χ3v) is 4.26. The highest BCUT2D eigenvalue weighted by Crippen LogP contribution is 2.40. The third-order valence-electron chi connectivity index (χ3n) is 4.26. The van der Waals surface area contributed by atoms with E-state index in [1.165, 1.54) is 38.9 Å². The van der Waals surface area contributed by atoms with Crippen LogP contribution in [0.5, 0.6) is 0 Å². The quantitative estimate of drug-likeness (QED) is 0.605. The van der Waals surface area contributed by atoms with Crippen molar-refractivity contribution in [1.82, 2.24) is 9.80 Å². The molecule has 1 unspecified atom stereocenters. The highest BCUT2D eigenvalue weighted by atomic mass is 15.3. The second-order valence-electron chi connectivity index (χ2n) is 5.14. The van der Waals surface area contributed by atoms with Gasteiger partial charge in [-0.05, 0) is 39.8 Å². The van der Waals surface area contributed by atoms with Crippen LogP contribution in [-0.4, -0.2) is 49.1 Å². The maximum Gasteiger partial charge on any atom is 0.0333 e. The summed E-state index contributed by atoms with van der Waals surface area (Å²) in [7, 11) is 4.55. The zero-order valence-electron chi connectivity index (χ0n) is 9.21. The van der Waals surface area contributed by atoms with E-state index < -0.39 is 0 Å². The number of likely N-dealkylation sites (N-methyl/N-ethyl adjacent to an activating group) is 2. The summed E-state index contributed by atoms with van der Waals surface area (Å²) in [5.74, 6) is 0.959. The van der Waals surface area contributed by atoms with Crippen molar-refractivity contribution >= 4 is 0 Å². The fraction of sp³-hybridized carbons (Fsp3) is 1.00. The Hall–Kier alpha value is -0.0800. The molecule has 1 atom stereocenters. The molecule has 76 valence electrons. The van der Waals surface area contributed by atoms with Crippen LogP contribution in [0.25, 0.3) is 0 Å². The maximum atomic E-state index is 2.58. The topological polar surface area (TPSA) is 6.48 Å². The summed E-state index contributed by atoms with van der Waals surface area (Å²) in [4.78, 5) is 5.06. The van der Waals surface area contributed by atoms with Crippen molar-refractivity contribution in [3.05, 3.63) is 0 Å². The van der Waals surface area contributed by atoms with Crippen molar-refractivity contribution < 1.29 is 0 Å². The molecule has 1 heterocycles. The van der Waals surface area contributed by atoms with Crippen molar-refractivity contribution in [1.29, 1.82) is 0 Å². The van der Waals surface area contributed by atoms with Gasteiger partial charge in [0.05, 0.1) is 0 Å². The predicted molar refractivity (Wildman–Crippen MR) is 55.9 cm³/mol. The molecule has 13 heavy (non-hydrogen) atoms. The molecule has 1 aliphatic heterocycles. The lowest BCUT2D eigenvalue weighted by atomic mass is 9.70. The minimum absolute atomic E-state index is 0.464. The van der Waals surface area contributed by atoms with Gasteiger partial charge >= 0.3 is 0 Å². The monoisotopic (exact) mass is 182 g/mol. The van der Waals surface area contributed by atoms with Gasteiger partial charge in [0.1, 0.15) is 0 Å². The first kappa shape index (κ1) is 9.47. The summed E-state index contributed by atoms with van der Waals surface area (Å²) < 4.78 is 0. The van der Waals surface area contributed by atoms with E-state index >= 15 is 0 Å². The van der Waals surface area contributed by atoms with Gasteiger partial charge in [-0.15, -0.1) is 0 Å². The Bertz CT molecular complexity index is 185. The largest absolute Gasteiger partial charge is 0.303 e. The first-order valence-electron chi connectivity index (χ1n) is 5.53. The lowest BCUT2D eigenvalue weighted by Crippen LogP contribution is -2.63. The van der Waals surface area contributed by atoms with Gasteiger partial charge in [-0.25, -0.2) is 0 Å². The van der Waals surface area contributed by atoms with E-state index in [1.807, 2.05) is 0 Å². The molecule has 2 rings (SSSR count). The predicted octanol–water partition coefficient (Wildman–Crippen LogP) is 1.42. The van der Waals surface area contributed by atoms with Gasteiger partial charge in [0, 0.05) is 25.2 Å². The number of piperazine rings is 1. The Morgan fingerprint density at radius 3 is 2.38 bits per heavy atom. The Morgan fingerprint density at radius 2 is 1.85 bits per heavy atom. The molecule has 2 nitrogen and oxygen atoms in total. The van der Waals surface area contributed by atoms with Crippen molar-refractivity contribution in [3.63, 3.8) is 0 Å². The van der Waals surface area contributed by atoms with Crippen molar-refractivity contribution in [2.24, 2.45) is 5.92 Å². The third kappa shape index (κ3) is 1.50. The highest BCUT2D eigenvalue weighted by molar-refractivity contribution is 4.99. The van der Waals surface area contributed by atoms with Crippen molar-refractivity contribution in [3.8, 4) is 0 Å². The molecule has 1 saturated carbocycles. The van der Waals surface area contributed by atoms with Crippen LogP contribution in [0.1, 0.15) is 26.2 Å². The lowest BCUT2D eigenvalue weighted by Gasteiger charge is -2.53. The van der Waals surface area contributed by atoms with Crippen LogP contribution in [0.4, 0.5) is 0 Å². The first-order chi connectivity index (χ1) is 6.13. The minimum atomic E-state index is 0.464. The zero-order valence-corrected chi connectivity index (χ0v) is 9.21. The van der Waals surface area contributed by atoms with Crippen LogP contribution in [0.2, 0.25) is 0 Å². The summed E-state index contributed by atoms with van der Waals surface area (Å²) in [6.45, 7) is 6.18. The van der Waals surface area contributed by atoms with Gasteiger partial charge in [0.15, 0.2) is 0 Å². The van der Waals surface area contributed by atoms with E-state index in [0.29, 0.717) is 5.54 Å². The van der Waals surface area contributed by atoms with Crippen LogP contribution >= 0.6 is 0 Å². The molecule has 0 radical (unpaired) electrons. The fourth-order valence-electron chi connectivity index (χ4n) is 2.79. The summed E-state index contributed by atoms with van der Waals surface area (Å²) in [6.07, 6.45) is 4.36. The summed E-state index contributed by atoms with van der Waals surface area (Å²) in [6, 6.07) is 0. The molecule has 0 spiro atoms. The average Bonchev–Trinajstić information content (AvgIpc) is 1.93. The Labute approximate surface area is 81.9 Å². The molecule has 0 aromatic heterocycles. The van der Waals surface area contributed by atoms with Gasteiger partial charge in [0.2, 0.25) is 0 Å². The molecule has 2 aliphatic rings. The molecular weight excluding hydrogens is 160 g/mol. The Morgan fingerprint density at radius 1 is 1.15 bits per heavy atom. The molecule has 0 aromatic rings. The number of hydrogen-bond donors (Lipinski definition) is 0. The second kappa shape index (κ2) is 3.25. The van der Waals surface area contributed by atoms with Crippen molar-refractivity contribution in [2.45, 2.75) is 31.7 Å². The Balaban J connectivity index is 2.07. The highest BCUT2D eigenvalue weighted by Gasteiger charge is 2.43. The number of nitrogens with zero attached hydrogens (tertiary/aromatic N) is 2. The van der Waals surface area contributed by atoms with E-state index in [4.69, 9.17) is 0 Å². The molecule has 1 saturated heterocycles. The normalized spacial score (nSPS) is 39.0. The molecule has 2 heteroatoms. The van der Waals surface area contributed by atoms with Crippen LogP contribution in [0.3, 0.4) is 0 Å². The van der Waals surface area contributed by atoms with Gasteiger partial charge in [-0.1, -0.05) is 6.42 Å². The minimum Gasteiger partial charge on any atom is -0.303 e. The number of rotatable bonds is 1. The first-order valence-corrected chi connectivity index (χ1v) is 5.53. The molecular formula is C11H22N2. The van der Waals surface area contributed by atoms with E-state index in [2.05, 4.69) is 30.8 Å². The zero-order chi connectivity index (χ0) is 9.47. The second-order valence-corrected chi connectivity index (χ2v) is 5.14. The van der Waals surface area contributed by atoms with Gasteiger partial charge in [0.25, 0.3) is 0 Å². The number of hydrogen-bond acceptors (Lipinski definition) is 2. The molecule has 1 aliphatic carbocycles. The average molecular weight is 182 g/mol. The van der Waals surface area contributed by atoms with Crippen LogP contribution in [0.15, 0.2) is 0 Å². The van der Waals surface area contributed by atoms with Gasteiger partial charge < -0.3 is 4.90 Å². The van der Waals surface area contributed by atoms with Crippen LogP contribution in [-0.2, 0) is 0 Å². The van der Waals surface area contributed by atoms with Crippen LogP contribution in [0, 0.1) is 5.92 Å². The summed E-state index contributed by atoms with van der Waals surface area (Å²) in [5, 5.41) is 0. The van der Waals surface area contributed by atoms with Crippen molar-refractivity contribution in [2.75, 3.05) is 33.7 Å². The molecule has 0 aromatic carbocycles. The molecule has 0 N–H and O–H groups in total. The molecule has 0 bridgehead atoms. The van der Waals surface area contributed by atoms with E-state index in [1.54, 1.807) is 0 Å². The molecule has 0 amide bonds. The maximum absolute atomic E-state index is 2.58. The van der Waals surface area contributed by atoms with Crippen LogP contribution < -0.4 is 0 Å². The van der Waals surface area contributed by atoms with E-state index in [9.17, 15) is 0 Å².